The lowest BCUT2D eigenvalue weighted by atomic mass is 10.1. The third kappa shape index (κ3) is 4.39. The second-order valence-electron chi connectivity index (χ2n) is 5.76. The Balaban J connectivity index is 1.63. The maximum atomic E-state index is 12.1. The molecule has 0 radical (unpaired) electrons. The molecule has 0 aliphatic heterocycles. The molecule has 7 heteroatoms. The van der Waals surface area contributed by atoms with Crippen LogP contribution in [0.15, 0.2) is 48.8 Å². The van der Waals surface area contributed by atoms with Crippen LogP contribution in [0, 0.1) is 11.7 Å². The summed E-state index contributed by atoms with van der Waals surface area (Å²) in [5.74, 6) is 0.701. The molecule has 3 aromatic rings. The van der Waals surface area contributed by atoms with E-state index < -0.39 is 0 Å². The Bertz CT molecular complexity index is 899. The zero-order valence-electron chi connectivity index (χ0n) is 13.9. The third-order valence-corrected chi connectivity index (χ3v) is 4.15. The first kappa shape index (κ1) is 17.0. The van der Waals surface area contributed by atoms with Crippen LogP contribution in [0.25, 0.3) is 11.4 Å². The van der Waals surface area contributed by atoms with Crippen molar-refractivity contribution in [1.29, 1.82) is 0 Å². The first-order chi connectivity index (χ1) is 12.1. The Kier molecular flexibility index (Phi) is 5.35. The van der Waals surface area contributed by atoms with Crippen LogP contribution in [0.5, 0.6) is 0 Å². The van der Waals surface area contributed by atoms with Crippen molar-refractivity contribution in [2.45, 2.75) is 26.4 Å². The van der Waals surface area contributed by atoms with Gasteiger partial charge in [-0.1, -0.05) is 35.9 Å². The second kappa shape index (κ2) is 7.85. The maximum absolute atomic E-state index is 12.1. The average molecular weight is 353 g/mol. The van der Waals surface area contributed by atoms with Gasteiger partial charge in [0.25, 0.3) is 0 Å². The minimum atomic E-state index is -0.0400. The van der Waals surface area contributed by atoms with E-state index >= 15 is 0 Å². The number of hydrogen-bond donors (Lipinski definition) is 2. The fraction of sp³-hybridized carbons (Fsp3) is 0.222. The highest BCUT2D eigenvalue weighted by atomic mass is 32.1. The molecule has 2 aromatic heterocycles. The number of carbonyl (C=O) groups is 1. The molecule has 0 bridgehead atoms. The molecule has 0 atom stereocenters. The number of nitrogens with one attached hydrogen (secondary N) is 2. The first-order valence-electron chi connectivity index (χ1n) is 8.01. The number of hydrogen-bond acceptors (Lipinski definition) is 4. The summed E-state index contributed by atoms with van der Waals surface area (Å²) in [4.78, 5) is 16.1. The molecular weight excluding hydrogens is 334 g/mol. The number of amides is 1. The molecule has 0 aliphatic carbocycles. The molecule has 128 valence electrons. The summed E-state index contributed by atoms with van der Waals surface area (Å²) < 4.78 is 2.36. The molecule has 1 aromatic carbocycles. The number of carbonyl (C=O) groups excluding carboxylic acids is 1. The van der Waals surface area contributed by atoms with Crippen LogP contribution < -0.4 is 5.32 Å². The summed E-state index contributed by atoms with van der Waals surface area (Å²) in [6, 6.07) is 11.8. The van der Waals surface area contributed by atoms with E-state index in [1.807, 2.05) is 47.9 Å². The van der Waals surface area contributed by atoms with Crippen LogP contribution in [0.4, 0.5) is 0 Å². The highest BCUT2D eigenvalue weighted by molar-refractivity contribution is 7.71. The molecule has 2 N–H and O–H groups in total. The van der Waals surface area contributed by atoms with E-state index in [1.54, 1.807) is 12.4 Å². The Morgan fingerprint density at radius 1 is 1.28 bits per heavy atom. The minimum Gasteiger partial charge on any atom is -0.352 e. The summed E-state index contributed by atoms with van der Waals surface area (Å²) in [5.41, 5.74) is 3.11. The molecule has 0 unspecified atom stereocenters. The van der Waals surface area contributed by atoms with E-state index in [0.717, 1.165) is 17.0 Å². The van der Waals surface area contributed by atoms with Crippen LogP contribution in [0.2, 0.25) is 0 Å². The number of H-pyrrole nitrogens is 1. The minimum absolute atomic E-state index is 0.0400. The van der Waals surface area contributed by atoms with Crippen molar-refractivity contribution in [3.63, 3.8) is 0 Å². The number of benzene rings is 1. The highest BCUT2D eigenvalue weighted by Crippen LogP contribution is 2.18. The smallest absolute Gasteiger partial charge is 0.222 e. The predicted octanol–water partition coefficient (Wildman–Crippen LogP) is 3.02. The van der Waals surface area contributed by atoms with E-state index in [2.05, 4.69) is 20.5 Å². The summed E-state index contributed by atoms with van der Waals surface area (Å²) >= 11 is 5.30. The maximum Gasteiger partial charge on any atom is 0.222 e. The lowest BCUT2D eigenvalue weighted by Crippen LogP contribution is -2.24. The number of rotatable bonds is 6. The fourth-order valence-corrected chi connectivity index (χ4v) is 2.68. The molecule has 0 saturated heterocycles. The van der Waals surface area contributed by atoms with Gasteiger partial charge in [0.05, 0.1) is 0 Å². The summed E-state index contributed by atoms with van der Waals surface area (Å²) in [6.07, 6.45) is 3.77. The lowest BCUT2D eigenvalue weighted by molar-refractivity contribution is -0.121. The van der Waals surface area contributed by atoms with Gasteiger partial charge >= 0.3 is 0 Å². The van der Waals surface area contributed by atoms with E-state index in [4.69, 9.17) is 12.2 Å². The second-order valence-corrected chi connectivity index (χ2v) is 6.14. The van der Waals surface area contributed by atoms with Gasteiger partial charge in [0.15, 0.2) is 10.6 Å². The largest absolute Gasteiger partial charge is 0.352 e. The molecule has 0 saturated carbocycles. The quantitative estimate of drug-likeness (QED) is 0.668. The molecular formula is C18H19N5OS. The van der Waals surface area contributed by atoms with Crippen molar-refractivity contribution in [3.8, 4) is 11.4 Å². The lowest BCUT2D eigenvalue weighted by Gasteiger charge is -2.08. The summed E-state index contributed by atoms with van der Waals surface area (Å²) in [5, 5.41) is 9.99. The zero-order chi connectivity index (χ0) is 17.6. The van der Waals surface area contributed by atoms with Crippen molar-refractivity contribution in [1.82, 2.24) is 25.1 Å². The summed E-state index contributed by atoms with van der Waals surface area (Å²) in [7, 11) is 0. The average Bonchev–Trinajstić information content (AvgIpc) is 3.00. The van der Waals surface area contributed by atoms with Crippen molar-refractivity contribution in [2.24, 2.45) is 0 Å². The molecule has 0 fully saturated rings. The molecule has 6 nitrogen and oxygen atoms in total. The van der Waals surface area contributed by atoms with Crippen LogP contribution in [-0.4, -0.2) is 25.7 Å². The number of nitrogens with zero attached hydrogens (tertiary/aromatic N) is 3. The Hall–Kier alpha value is -2.80. The number of pyridine rings is 1. The molecule has 3 rings (SSSR count). The Morgan fingerprint density at radius 3 is 2.80 bits per heavy atom. The molecule has 0 spiro atoms. The highest BCUT2D eigenvalue weighted by Gasteiger charge is 2.10. The topological polar surface area (TPSA) is 75.6 Å². The van der Waals surface area contributed by atoms with E-state index in [0.29, 0.717) is 24.3 Å². The summed E-state index contributed by atoms with van der Waals surface area (Å²) in [6.45, 7) is 2.97. The number of aromatic nitrogens is 4. The number of aryl methyl sites for hydroxylation is 1. The van der Waals surface area contributed by atoms with E-state index in [-0.39, 0.29) is 5.91 Å². The van der Waals surface area contributed by atoms with Gasteiger partial charge in [-0.15, -0.1) is 0 Å². The molecule has 25 heavy (non-hydrogen) atoms. The predicted molar refractivity (Wildman–Crippen MR) is 98.3 cm³/mol. The van der Waals surface area contributed by atoms with E-state index in [9.17, 15) is 4.79 Å². The van der Waals surface area contributed by atoms with Crippen LogP contribution >= 0.6 is 12.2 Å². The van der Waals surface area contributed by atoms with Gasteiger partial charge in [0.2, 0.25) is 5.91 Å². The van der Waals surface area contributed by atoms with Crippen LogP contribution in [0.3, 0.4) is 0 Å². The fourth-order valence-electron chi connectivity index (χ4n) is 2.45. The zero-order valence-corrected chi connectivity index (χ0v) is 14.7. The van der Waals surface area contributed by atoms with Gasteiger partial charge in [0.1, 0.15) is 0 Å². The van der Waals surface area contributed by atoms with Crippen LogP contribution in [-0.2, 0) is 17.9 Å². The van der Waals surface area contributed by atoms with Gasteiger partial charge in [-0.2, -0.15) is 5.10 Å². The Labute approximate surface area is 150 Å². The van der Waals surface area contributed by atoms with Crippen molar-refractivity contribution < 1.29 is 4.79 Å². The Morgan fingerprint density at radius 2 is 2.08 bits per heavy atom. The first-order valence-corrected chi connectivity index (χ1v) is 8.42. The van der Waals surface area contributed by atoms with Crippen molar-refractivity contribution in [3.05, 3.63) is 64.7 Å². The molecule has 1 amide bonds. The third-order valence-electron chi connectivity index (χ3n) is 3.84. The molecule has 2 heterocycles. The van der Waals surface area contributed by atoms with Gasteiger partial charge in [-0.05, 0) is 30.8 Å². The van der Waals surface area contributed by atoms with Gasteiger partial charge in [0, 0.05) is 37.5 Å². The standard InChI is InChI=1S/C18H19N5OS/c1-13-4-6-15(7-5-13)17-21-22-18(25)23(17)10-8-16(24)20-12-14-3-2-9-19-11-14/h2-7,9,11H,8,10,12H2,1H3,(H,20,24)(H,22,25). The van der Waals surface area contributed by atoms with Gasteiger partial charge < -0.3 is 5.32 Å². The van der Waals surface area contributed by atoms with E-state index in [1.165, 1.54) is 5.56 Å². The SMILES string of the molecule is Cc1ccc(-c2n[nH]c(=S)n2CCC(=O)NCc2cccnc2)cc1. The van der Waals surface area contributed by atoms with Gasteiger partial charge in [-0.3, -0.25) is 19.4 Å². The van der Waals surface area contributed by atoms with Crippen molar-refractivity contribution >= 4 is 18.1 Å². The normalized spacial score (nSPS) is 10.6. The monoisotopic (exact) mass is 353 g/mol. The van der Waals surface area contributed by atoms with Crippen LogP contribution in [0.1, 0.15) is 17.5 Å². The number of aromatic amines is 1. The van der Waals surface area contributed by atoms with Crippen molar-refractivity contribution in [2.75, 3.05) is 0 Å². The molecule has 0 aliphatic rings. The van der Waals surface area contributed by atoms with Gasteiger partial charge in [-0.25, -0.2) is 0 Å².